The molecular weight excluding hydrogens is 306 g/mol. The number of thiazole rings is 1. The summed E-state index contributed by atoms with van der Waals surface area (Å²) in [6.45, 7) is 5.71. The molecule has 2 aromatic rings. The first kappa shape index (κ1) is 15.3. The third-order valence-electron chi connectivity index (χ3n) is 5.50. The molecule has 2 aromatic heterocycles. The number of rotatable bonds is 4. The minimum atomic E-state index is 0.426. The van der Waals surface area contributed by atoms with Crippen molar-refractivity contribution in [2.24, 2.45) is 7.05 Å². The topological polar surface area (TPSA) is 37.2 Å². The summed E-state index contributed by atoms with van der Waals surface area (Å²) in [6.07, 6.45) is 11.4. The van der Waals surface area contributed by atoms with Crippen molar-refractivity contribution < 1.29 is 0 Å². The number of nitrogens with zero attached hydrogens (tertiary/aromatic N) is 5. The van der Waals surface area contributed by atoms with Crippen LogP contribution in [0.1, 0.15) is 36.3 Å². The number of likely N-dealkylation sites (tertiary alicyclic amines) is 2. The van der Waals surface area contributed by atoms with E-state index < -0.39 is 0 Å². The van der Waals surface area contributed by atoms with Gasteiger partial charge in [0.25, 0.3) is 0 Å². The molecule has 0 atom stereocenters. The van der Waals surface area contributed by atoms with Crippen molar-refractivity contribution in [1.82, 2.24) is 24.6 Å². The standard InChI is InChI=1S/C17H25N5S/c1-20-12-15(11-19-20)13-22-7-2-3-17(22)4-8-21(9-5-17)14-16-18-6-10-23-16/h6,10-12H,2-5,7-9,13-14H2,1H3. The normalized spacial score (nSPS) is 22.1. The molecule has 5 nitrogen and oxygen atoms in total. The number of aromatic nitrogens is 3. The lowest BCUT2D eigenvalue weighted by Gasteiger charge is -2.45. The third-order valence-corrected chi connectivity index (χ3v) is 6.27. The summed E-state index contributed by atoms with van der Waals surface area (Å²) in [4.78, 5) is 9.73. The van der Waals surface area contributed by atoms with Crippen molar-refractivity contribution in [1.29, 1.82) is 0 Å². The first-order valence-electron chi connectivity index (χ1n) is 8.57. The second kappa shape index (κ2) is 6.34. The van der Waals surface area contributed by atoms with E-state index in [-0.39, 0.29) is 0 Å². The number of aryl methyl sites for hydroxylation is 1. The Kier molecular flexibility index (Phi) is 4.22. The van der Waals surface area contributed by atoms with Gasteiger partial charge in [0.2, 0.25) is 0 Å². The Labute approximate surface area is 141 Å². The zero-order chi connectivity index (χ0) is 15.7. The van der Waals surface area contributed by atoms with Crippen molar-refractivity contribution in [3.05, 3.63) is 34.5 Å². The number of hydrogen-bond donors (Lipinski definition) is 0. The van der Waals surface area contributed by atoms with E-state index in [4.69, 9.17) is 0 Å². The van der Waals surface area contributed by atoms with Crippen LogP contribution in [0, 0.1) is 0 Å². The van der Waals surface area contributed by atoms with Crippen LogP contribution in [0.5, 0.6) is 0 Å². The van der Waals surface area contributed by atoms with Gasteiger partial charge in [-0.3, -0.25) is 14.5 Å². The first-order valence-corrected chi connectivity index (χ1v) is 9.45. The maximum atomic E-state index is 4.43. The first-order chi connectivity index (χ1) is 11.2. The van der Waals surface area contributed by atoms with Crippen LogP contribution in [-0.2, 0) is 20.1 Å². The van der Waals surface area contributed by atoms with Crippen LogP contribution in [-0.4, -0.2) is 49.7 Å². The average Bonchev–Trinajstić information content (AvgIpc) is 3.27. The van der Waals surface area contributed by atoms with Gasteiger partial charge in [0.05, 0.1) is 12.7 Å². The van der Waals surface area contributed by atoms with Crippen LogP contribution in [0.4, 0.5) is 0 Å². The van der Waals surface area contributed by atoms with E-state index in [2.05, 4.69) is 31.5 Å². The molecule has 0 bridgehead atoms. The Bertz CT molecular complexity index is 627. The van der Waals surface area contributed by atoms with E-state index in [1.54, 1.807) is 11.3 Å². The van der Waals surface area contributed by atoms with Crippen molar-refractivity contribution in [2.45, 2.75) is 44.3 Å². The van der Waals surface area contributed by atoms with E-state index in [1.165, 1.54) is 55.9 Å². The van der Waals surface area contributed by atoms with Crippen molar-refractivity contribution in [2.75, 3.05) is 19.6 Å². The second-order valence-electron chi connectivity index (χ2n) is 6.97. The Hall–Kier alpha value is -1.24. The van der Waals surface area contributed by atoms with E-state index in [0.717, 1.165) is 13.1 Å². The maximum absolute atomic E-state index is 4.43. The molecule has 4 rings (SSSR count). The molecule has 2 fully saturated rings. The van der Waals surface area contributed by atoms with Crippen LogP contribution in [0.25, 0.3) is 0 Å². The molecule has 0 aliphatic carbocycles. The molecule has 0 unspecified atom stereocenters. The molecule has 1 spiro atoms. The number of hydrogen-bond acceptors (Lipinski definition) is 5. The van der Waals surface area contributed by atoms with Gasteiger partial charge in [0.1, 0.15) is 5.01 Å². The van der Waals surface area contributed by atoms with Gasteiger partial charge in [-0.05, 0) is 32.2 Å². The predicted molar refractivity (Wildman–Crippen MR) is 92.2 cm³/mol. The smallest absolute Gasteiger partial charge is 0.107 e. The van der Waals surface area contributed by atoms with Gasteiger partial charge in [-0.15, -0.1) is 11.3 Å². The summed E-state index contributed by atoms with van der Waals surface area (Å²) in [5.74, 6) is 0. The van der Waals surface area contributed by atoms with E-state index in [9.17, 15) is 0 Å². The lowest BCUT2D eigenvalue weighted by molar-refractivity contribution is 0.0449. The fourth-order valence-corrected chi connectivity index (χ4v) is 4.89. The predicted octanol–water partition coefficient (Wildman–Crippen LogP) is 2.51. The molecule has 0 aromatic carbocycles. The van der Waals surface area contributed by atoms with Gasteiger partial charge in [-0.1, -0.05) is 0 Å². The largest absolute Gasteiger partial charge is 0.297 e. The summed E-state index contributed by atoms with van der Waals surface area (Å²) in [7, 11) is 2.00. The monoisotopic (exact) mass is 331 g/mol. The lowest BCUT2D eigenvalue weighted by Crippen LogP contribution is -2.51. The molecule has 0 N–H and O–H groups in total. The molecule has 2 aliphatic rings. The van der Waals surface area contributed by atoms with Crippen LogP contribution in [0.2, 0.25) is 0 Å². The molecular formula is C17H25N5S. The molecule has 0 saturated carbocycles. The van der Waals surface area contributed by atoms with Gasteiger partial charge in [-0.25, -0.2) is 4.98 Å². The summed E-state index contributed by atoms with van der Waals surface area (Å²) < 4.78 is 1.91. The fraction of sp³-hybridized carbons (Fsp3) is 0.647. The van der Waals surface area contributed by atoms with Gasteiger partial charge < -0.3 is 0 Å². The van der Waals surface area contributed by atoms with Gasteiger partial charge in [0, 0.05) is 55.6 Å². The molecule has 124 valence electrons. The quantitative estimate of drug-likeness (QED) is 0.863. The van der Waals surface area contributed by atoms with E-state index in [1.807, 2.05) is 24.1 Å². The molecule has 6 heteroatoms. The fourth-order valence-electron chi connectivity index (χ4n) is 4.23. The Morgan fingerprint density at radius 3 is 2.74 bits per heavy atom. The highest BCUT2D eigenvalue weighted by molar-refractivity contribution is 7.09. The van der Waals surface area contributed by atoms with Gasteiger partial charge in [0.15, 0.2) is 0 Å². The molecule has 4 heterocycles. The molecule has 0 amide bonds. The van der Waals surface area contributed by atoms with Gasteiger partial charge >= 0.3 is 0 Å². The SMILES string of the molecule is Cn1cc(CN2CCCC23CCN(Cc2nccs2)CC3)cn1. The zero-order valence-electron chi connectivity index (χ0n) is 13.8. The van der Waals surface area contributed by atoms with Crippen molar-refractivity contribution in [3.63, 3.8) is 0 Å². The summed E-state index contributed by atoms with van der Waals surface area (Å²) in [6, 6.07) is 0. The third kappa shape index (κ3) is 3.20. The van der Waals surface area contributed by atoms with Crippen molar-refractivity contribution >= 4 is 11.3 Å². The van der Waals surface area contributed by atoms with Gasteiger partial charge in [-0.2, -0.15) is 5.10 Å². The zero-order valence-corrected chi connectivity index (χ0v) is 14.6. The highest BCUT2D eigenvalue weighted by Crippen LogP contribution is 2.39. The second-order valence-corrected chi connectivity index (χ2v) is 7.95. The lowest BCUT2D eigenvalue weighted by atomic mass is 9.85. The molecule has 23 heavy (non-hydrogen) atoms. The average molecular weight is 331 g/mol. The summed E-state index contributed by atoms with van der Waals surface area (Å²) in [5, 5.41) is 7.65. The van der Waals surface area contributed by atoms with Crippen LogP contribution < -0.4 is 0 Å². The van der Waals surface area contributed by atoms with E-state index in [0.29, 0.717) is 5.54 Å². The minimum absolute atomic E-state index is 0.426. The van der Waals surface area contributed by atoms with Crippen LogP contribution in [0.3, 0.4) is 0 Å². The van der Waals surface area contributed by atoms with Crippen LogP contribution in [0.15, 0.2) is 24.0 Å². The Morgan fingerprint density at radius 2 is 2.04 bits per heavy atom. The Morgan fingerprint density at radius 1 is 1.17 bits per heavy atom. The molecule has 0 radical (unpaired) electrons. The maximum Gasteiger partial charge on any atom is 0.107 e. The number of piperidine rings is 1. The van der Waals surface area contributed by atoms with Crippen molar-refractivity contribution in [3.8, 4) is 0 Å². The highest BCUT2D eigenvalue weighted by atomic mass is 32.1. The van der Waals surface area contributed by atoms with Crippen LogP contribution >= 0.6 is 11.3 Å². The highest BCUT2D eigenvalue weighted by Gasteiger charge is 2.42. The Balaban J connectivity index is 1.38. The van der Waals surface area contributed by atoms with E-state index >= 15 is 0 Å². The summed E-state index contributed by atoms with van der Waals surface area (Å²) >= 11 is 1.77. The summed E-state index contributed by atoms with van der Waals surface area (Å²) in [5.41, 5.74) is 1.77. The molecule has 2 aliphatic heterocycles. The molecule has 2 saturated heterocycles. The minimum Gasteiger partial charge on any atom is -0.297 e.